The number of likely N-dealkylation sites (tertiary alicyclic amines) is 1. The van der Waals surface area contributed by atoms with E-state index < -0.39 is 0 Å². The molecule has 1 aliphatic heterocycles. The molecule has 0 bridgehead atoms. The van der Waals surface area contributed by atoms with Crippen molar-refractivity contribution >= 4 is 0 Å². The highest BCUT2D eigenvalue weighted by molar-refractivity contribution is 5.34. The fraction of sp³-hybridized carbons (Fsp3) is 0.647. The predicted molar refractivity (Wildman–Crippen MR) is 80.3 cm³/mol. The number of piperidine rings is 1. The highest BCUT2D eigenvalue weighted by Crippen LogP contribution is 2.30. The minimum absolute atomic E-state index is 0.613. The molecule has 0 saturated carbocycles. The normalized spacial score (nSPS) is 24.6. The summed E-state index contributed by atoms with van der Waals surface area (Å²) in [7, 11) is 2.24. The summed E-state index contributed by atoms with van der Waals surface area (Å²) in [6, 6.07) is 9.54. The molecular weight excluding hydrogens is 232 g/mol. The third-order valence-electron chi connectivity index (χ3n) is 4.91. The molecule has 1 saturated heterocycles. The molecule has 1 atom stereocenters. The molecule has 1 N–H and O–H groups in total. The SMILES string of the molecule is CN1CCC(CCNC2CCc3ccccc32)CC1. The van der Waals surface area contributed by atoms with Crippen molar-refractivity contribution in [3.05, 3.63) is 35.4 Å². The van der Waals surface area contributed by atoms with Crippen LogP contribution in [-0.4, -0.2) is 31.6 Å². The second-order valence-electron chi connectivity index (χ2n) is 6.28. The maximum absolute atomic E-state index is 3.78. The van der Waals surface area contributed by atoms with Crippen LogP contribution in [0.25, 0.3) is 0 Å². The largest absolute Gasteiger partial charge is 0.310 e. The monoisotopic (exact) mass is 258 g/mol. The lowest BCUT2D eigenvalue weighted by Gasteiger charge is -2.29. The summed E-state index contributed by atoms with van der Waals surface area (Å²) in [5.74, 6) is 0.945. The molecule has 0 radical (unpaired) electrons. The predicted octanol–water partition coefficient (Wildman–Crippen LogP) is 3.00. The van der Waals surface area contributed by atoms with Crippen LogP contribution in [0.15, 0.2) is 24.3 Å². The maximum Gasteiger partial charge on any atom is 0.0326 e. The first-order chi connectivity index (χ1) is 9.33. The Morgan fingerprint density at radius 2 is 1.95 bits per heavy atom. The van der Waals surface area contributed by atoms with Crippen molar-refractivity contribution in [3.8, 4) is 0 Å². The maximum atomic E-state index is 3.78. The number of fused-ring (bicyclic) bond motifs is 1. The van der Waals surface area contributed by atoms with Crippen LogP contribution in [0, 0.1) is 5.92 Å². The molecule has 1 heterocycles. The zero-order chi connectivity index (χ0) is 13.1. The molecule has 1 aliphatic carbocycles. The van der Waals surface area contributed by atoms with Crippen molar-refractivity contribution < 1.29 is 0 Å². The molecule has 0 amide bonds. The van der Waals surface area contributed by atoms with E-state index in [1.54, 1.807) is 11.1 Å². The summed E-state index contributed by atoms with van der Waals surface area (Å²) in [5, 5.41) is 3.78. The Morgan fingerprint density at radius 3 is 2.79 bits per heavy atom. The van der Waals surface area contributed by atoms with Crippen molar-refractivity contribution in [1.82, 2.24) is 10.2 Å². The smallest absolute Gasteiger partial charge is 0.0326 e. The van der Waals surface area contributed by atoms with Gasteiger partial charge in [0.15, 0.2) is 0 Å². The highest BCUT2D eigenvalue weighted by atomic mass is 15.1. The average molecular weight is 258 g/mol. The molecule has 19 heavy (non-hydrogen) atoms. The van der Waals surface area contributed by atoms with Crippen LogP contribution in [-0.2, 0) is 6.42 Å². The van der Waals surface area contributed by atoms with Crippen molar-refractivity contribution in [1.29, 1.82) is 0 Å². The fourth-order valence-corrected chi connectivity index (χ4v) is 3.58. The van der Waals surface area contributed by atoms with Gasteiger partial charge >= 0.3 is 0 Å². The van der Waals surface area contributed by atoms with Crippen molar-refractivity contribution in [2.75, 3.05) is 26.7 Å². The minimum Gasteiger partial charge on any atom is -0.310 e. The van der Waals surface area contributed by atoms with Crippen LogP contribution in [0.3, 0.4) is 0 Å². The van der Waals surface area contributed by atoms with E-state index in [9.17, 15) is 0 Å². The molecular formula is C17H26N2. The van der Waals surface area contributed by atoms with E-state index in [4.69, 9.17) is 0 Å². The third-order valence-corrected chi connectivity index (χ3v) is 4.91. The lowest BCUT2D eigenvalue weighted by molar-refractivity contribution is 0.210. The van der Waals surface area contributed by atoms with Gasteiger partial charge in [-0.1, -0.05) is 24.3 Å². The molecule has 2 aliphatic rings. The molecule has 1 aromatic rings. The molecule has 0 aromatic heterocycles. The first kappa shape index (κ1) is 13.1. The van der Waals surface area contributed by atoms with E-state index in [2.05, 4.69) is 41.5 Å². The number of aryl methyl sites for hydroxylation is 1. The van der Waals surface area contributed by atoms with Gasteiger partial charge in [-0.25, -0.2) is 0 Å². The fourth-order valence-electron chi connectivity index (χ4n) is 3.58. The topological polar surface area (TPSA) is 15.3 Å². The Balaban J connectivity index is 1.44. The van der Waals surface area contributed by atoms with Gasteiger partial charge in [0, 0.05) is 6.04 Å². The Labute approximate surface area is 117 Å². The molecule has 104 valence electrons. The van der Waals surface area contributed by atoms with Crippen LogP contribution >= 0.6 is 0 Å². The second kappa shape index (κ2) is 6.06. The summed E-state index contributed by atoms with van der Waals surface area (Å²) in [6.45, 7) is 3.77. The Bertz CT molecular complexity index is 407. The van der Waals surface area contributed by atoms with Gasteiger partial charge < -0.3 is 10.2 Å². The van der Waals surface area contributed by atoms with Gasteiger partial charge in [-0.15, -0.1) is 0 Å². The summed E-state index contributed by atoms with van der Waals surface area (Å²) in [5.41, 5.74) is 3.10. The van der Waals surface area contributed by atoms with Crippen LogP contribution in [0.1, 0.15) is 42.9 Å². The lowest BCUT2D eigenvalue weighted by atomic mass is 9.93. The highest BCUT2D eigenvalue weighted by Gasteiger charge is 2.22. The van der Waals surface area contributed by atoms with Gasteiger partial charge in [0.1, 0.15) is 0 Å². The van der Waals surface area contributed by atoms with Crippen molar-refractivity contribution in [2.24, 2.45) is 5.92 Å². The quantitative estimate of drug-likeness (QED) is 0.893. The van der Waals surface area contributed by atoms with Crippen LogP contribution in [0.2, 0.25) is 0 Å². The van der Waals surface area contributed by atoms with Gasteiger partial charge in [0.25, 0.3) is 0 Å². The molecule has 3 rings (SSSR count). The second-order valence-corrected chi connectivity index (χ2v) is 6.28. The summed E-state index contributed by atoms with van der Waals surface area (Å²) >= 11 is 0. The van der Waals surface area contributed by atoms with E-state index in [1.165, 1.54) is 51.7 Å². The molecule has 0 spiro atoms. The van der Waals surface area contributed by atoms with Gasteiger partial charge in [-0.05, 0) is 75.8 Å². The number of hydrogen-bond acceptors (Lipinski definition) is 2. The zero-order valence-electron chi connectivity index (χ0n) is 12.1. The Kier molecular flexibility index (Phi) is 4.19. The molecule has 2 heteroatoms. The standard InChI is InChI=1S/C17H26N2/c1-19-12-9-14(10-13-19)8-11-18-17-7-6-15-4-2-3-5-16(15)17/h2-5,14,17-18H,6-13H2,1H3. The number of benzene rings is 1. The third kappa shape index (κ3) is 3.18. The number of rotatable bonds is 4. The average Bonchev–Trinajstić information content (AvgIpc) is 2.85. The van der Waals surface area contributed by atoms with Crippen LogP contribution in [0.4, 0.5) is 0 Å². The van der Waals surface area contributed by atoms with Gasteiger partial charge in [0.2, 0.25) is 0 Å². The number of hydrogen-bond donors (Lipinski definition) is 1. The Morgan fingerprint density at radius 1 is 1.16 bits per heavy atom. The number of nitrogens with zero attached hydrogens (tertiary/aromatic N) is 1. The summed E-state index contributed by atoms with van der Waals surface area (Å²) < 4.78 is 0. The minimum atomic E-state index is 0.613. The van der Waals surface area contributed by atoms with Crippen LogP contribution in [0.5, 0.6) is 0 Å². The summed E-state index contributed by atoms with van der Waals surface area (Å²) in [6.07, 6.45) is 6.67. The van der Waals surface area contributed by atoms with E-state index in [-0.39, 0.29) is 0 Å². The molecule has 1 unspecified atom stereocenters. The molecule has 1 fully saturated rings. The molecule has 1 aromatic carbocycles. The Hall–Kier alpha value is -0.860. The van der Waals surface area contributed by atoms with Gasteiger partial charge in [-0.2, -0.15) is 0 Å². The van der Waals surface area contributed by atoms with Crippen LogP contribution < -0.4 is 5.32 Å². The van der Waals surface area contributed by atoms with Gasteiger partial charge in [-0.3, -0.25) is 0 Å². The number of nitrogens with one attached hydrogen (secondary N) is 1. The van der Waals surface area contributed by atoms with E-state index in [0.29, 0.717) is 6.04 Å². The zero-order valence-corrected chi connectivity index (χ0v) is 12.1. The van der Waals surface area contributed by atoms with Crippen molar-refractivity contribution in [3.63, 3.8) is 0 Å². The van der Waals surface area contributed by atoms with E-state index >= 15 is 0 Å². The summed E-state index contributed by atoms with van der Waals surface area (Å²) in [4.78, 5) is 2.46. The first-order valence-corrected chi connectivity index (χ1v) is 7.82. The molecule has 2 nitrogen and oxygen atoms in total. The van der Waals surface area contributed by atoms with E-state index in [1.807, 2.05) is 0 Å². The van der Waals surface area contributed by atoms with Gasteiger partial charge in [0.05, 0.1) is 0 Å². The van der Waals surface area contributed by atoms with Crippen molar-refractivity contribution in [2.45, 2.75) is 38.1 Å². The lowest BCUT2D eigenvalue weighted by Crippen LogP contribution is -2.32. The van der Waals surface area contributed by atoms with E-state index in [0.717, 1.165) is 5.92 Å². The first-order valence-electron chi connectivity index (χ1n) is 7.82.